The van der Waals surface area contributed by atoms with Crippen molar-refractivity contribution in [1.82, 2.24) is 4.98 Å². The number of aromatic nitrogens is 1. The molecule has 0 fully saturated rings. The van der Waals surface area contributed by atoms with Crippen LogP contribution in [0.1, 0.15) is 11.1 Å². The van der Waals surface area contributed by atoms with Crippen LogP contribution in [-0.4, -0.2) is 23.1 Å². The Morgan fingerprint density at radius 1 is 1.35 bits per heavy atom. The predicted octanol–water partition coefficient (Wildman–Crippen LogP) is 1.80. The topological polar surface area (TPSA) is 92.8 Å². The Hall–Kier alpha value is -2.76. The van der Waals surface area contributed by atoms with Crippen LogP contribution >= 0.6 is 0 Å². The molecule has 4 N–H and O–H groups in total. The van der Waals surface area contributed by atoms with Gasteiger partial charge in [-0.25, -0.2) is 4.98 Å². The second-order valence-corrected chi connectivity index (χ2v) is 4.09. The maximum Gasteiger partial charge on any atom is 0.213 e. The van der Waals surface area contributed by atoms with E-state index < -0.39 is 0 Å². The molecule has 0 aliphatic heterocycles. The summed E-state index contributed by atoms with van der Waals surface area (Å²) in [6.07, 6.45) is 1.69. The molecular formula is C14H16N4O2. The summed E-state index contributed by atoms with van der Waals surface area (Å²) < 4.78 is 5.00. The molecule has 2 rings (SSSR count). The van der Waals surface area contributed by atoms with Crippen molar-refractivity contribution < 1.29 is 9.94 Å². The van der Waals surface area contributed by atoms with Gasteiger partial charge in [0.05, 0.1) is 19.0 Å². The standard InChI is InChI=1S/C14H16N4O2/c1-20-13-7-6-11(9-17-13)16-8-10-4-2-3-5-12(10)14(15)18-19/h2-7,9,16,19H,8H2,1H3,(H2,15,18). The van der Waals surface area contributed by atoms with Crippen molar-refractivity contribution in [1.29, 1.82) is 0 Å². The molecular weight excluding hydrogens is 256 g/mol. The summed E-state index contributed by atoms with van der Waals surface area (Å²) >= 11 is 0. The molecule has 1 heterocycles. The molecule has 0 radical (unpaired) electrons. The first-order valence-electron chi connectivity index (χ1n) is 6.04. The first-order valence-corrected chi connectivity index (χ1v) is 6.04. The summed E-state index contributed by atoms with van der Waals surface area (Å²) in [6.45, 7) is 0.542. The van der Waals surface area contributed by atoms with Gasteiger partial charge >= 0.3 is 0 Å². The van der Waals surface area contributed by atoms with E-state index in [0.29, 0.717) is 18.0 Å². The van der Waals surface area contributed by atoms with Gasteiger partial charge in [0, 0.05) is 18.2 Å². The van der Waals surface area contributed by atoms with Gasteiger partial charge in [-0.15, -0.1) is 0 Å². The molecule has 0 bridgehead atoms. The number of pyridine rings is 1. The highest BCUT2D eigenvalue weighted by Crippen LogP contribution is 2.14. The van der Waals surface area contributed by atoms with Gasteiger partial charge in [0.25, 0.3) is 0 Å². The molecule has 6 heteroatoms. The number of oxime groups is 1. The molecule has 1 aromatic heterocycles. The summed E-state index contributed by atoms with van der Waals surface area (Å²) in [5, 5.41) is 15.0. The van der Waals surface area contributed by atoms with Gasteiger partial charge in [-0.05, 0) is 11.6 Å². The highest BCUT2D eigenvalue weighted by atomic mass is 16.5. The third-order valence-corrected chi connectivity index (χ3v) is 2.83. The fraction of sp³-hybridized carbons (Fsp3) is 0.143. The highest BCUT2D eigenvalue weighted by molar-refractivity contribution is 5.98. The zero-order valence-corrected chi connectivity index (χ0v) is 11.1. The first-order chi connectivity index (χ1) is 9.74. The molecule has 0 saturated heterocycles. The molecule has 1 aromatic carbocycles. The summed E-state index contributed by atoms with van der Waals surface area (Å²) in [5.74, 6) is 0.655. The van der Waals surface area contributed by atoms with Gasteiger partial charge in [0.1, 0.15) is 0 Å². The number of hydrogen-bond acceptors (Lipinski definition) is 5. The van der Waals surface area contributed by atoms with Crippen LogP contribution in [0.5, 0.6) is 5.88 Å². The Morgan fingerprint density at radius 2 is 2.15 bits per heavy atom. The maximum absolute atomic E-state index is 8.77. The van der Waals surface area contributed by atoms with Crippen molar-refractivity contribution in [3.05, 3.63) is 53.7 Å². The third-order valence-electron chi connectivity index (χ3n) is 2.83. The average molecular weight is 272 g/mol. The Balaban J connectivity index is 2.10. The van der Waals surface area contributed by atoms with E-state index in [9.17, 15) is 0 Å². The Morgan fingerprint density at radius 3 is 2.80 bits per heavy atom. The second-order valence-electron chi connectivity index (χ2n) is 4.09. The van der Waals surface area contributed by atoms with E-state index in [4.69, 9.17) is 15.7 Å². The summed E-state index contributed by atoms with van der Waals surface area (Å²) in [4.78, 5) is 4.11. The largest absolute Gasteiger partial charge is 0.481 e. The molecule has 0 amide bonds. The van der Waals surface area contributed by atoms with E-state index in [-0.39, 0.29) is 5.84 Å². The van der Waals surface area contributed by atoms with Crippen molar-refractivity contribution in [2.75, 3.05) is 12.4 Å². The lowest BCUT2D eigenvalue weighted by molar-refractivity contribution is 0.318. The molecule has 0 saturated carbocycles. The van der Waals surface area contributed by atoms with Crippen LogP contribution in [0.4, 0.5) is 5.69 Å². The molecule has 0 unspecified atom stereocenters. The minimum atomic E-state index is 0.0928. The van der Waals surface area contributed by atoms with Gasteiger partial charge in [-0.3, -0.25) is 0 Å². The van der Waals surface area contributed by atoms with Crippen LogP contribution in [0.3, 0.4) is 0 Å². The second kappa shape index (κ2) is 6.42. The number of anilines is 1. The summed E-state index contributed by atoms with van der Waals surface area (Å²) in [5.41, 5.74) is 8.13. The van der Waals surface area contributed by atoms with Gasteiger partial charge in [0.2, 0.25) is 5.88 Å². The molecule has 0 spiro atoms. The molecule has 20 heavy (non-hydrogen) atoms. The van der Waals surface area contributed by atoms with E-state index in [1.165, 1.54) is 0 Å². The van der Waals surface area contributed by atoms with Gasteiger partial charge < -0.3 is 21.0 Å². The number of hydrogen-bond donors (Lipinski definition) is 3. The number of amidine groups is 1. The zero-order chi connectivity index (χ0) is 14.4. The van der Waals surface area contributed by atoms with Crippen LogP contribution in [-0.2, 0) is 6.54 Å². The van der Waals surface area contributed by atoms with Crippen molar-refractivity contribution in [2.24, 2.45) is 10.9 Å². The Kier molecular flexibility index (Phi) is 4.39. The van der Waals surface area contributed by atoms with E-state index in [0.717, 1.165) is 11.3 Å². The van der Waals surface area contributed by atoms with Crippen molar-refractivity contribution >= 4 is 11.5 Å². The number of ether oxygens (including phenoxy) is 1. The van der Waals surface area contributed by atoms with E-state index in [1.807, 2.05) is 24.3 Å². The lowest BCUT2D eigenvalue weighted by Crippen LogP contribution is -2.16. The molecule has 0 aliphatic carbocycles. The maximum atomic E-state index is 8.77. The molecule has 6 nitrogen and oxygen atoms in total. The van der Waals surface area contributed by atoms with Gasteiger partial charge in [-0.1, -0.05) is 29.4 Å². The van der Waals surface area contributed by atoms with E-state index in [1.54, 1.807) is 25.4 Å². The van der Waals surface area contributed by atoms with Crippen LogP contribution < -0.4 is 15.8 Å². The number of benzene rings is 1. The SMILES string of the molecule is COc1ccc(NCc2ccccc2C(N)=NO)cn1. The summed E-state index contributed by atoms with van der Waals surface area (Å²) in [7, 11) is 1.57. The van der Waals surface area contributed by atoms with Crippen LogP contribution in [0, 0.1) is 0 Å². The van der Waals surface area contributed by atoms with Crippen LogP contribution in [0.15, 0.2) is 47.8 Å². The molecule has 104 valence electrons. The predicted molar refractivity (Wildman–Crippen MR) is 77.1 cm³/mol. The van der Waals surface area contributed by atoms with Crippen molar-refractivity contribution in [3.63, 3.8) is 0 Å². The van der Waals surface area contributed by atoms with Gasteiger partial charge in [0.15, 0.2) is 5.84 Å². The first kappa shape index (κ1) is 13.7. The lowest BCUT2D eigenvalue weighted by atomic mass is 10.1. The van der Waals surface area contributed by atoms with Gasteiger partial charge in [-0.2, -0.15) is 0 Å². The summed E-state index contributed by atoms with van der Waals surface area (Å²) in [6, 6.07) is 11.1. The lowest BCUT2D eigenvalue weighted by Gasteiger charge is -2.10. The Labute approximate surface area is 116 Å². The molecule has 0 aliphatic rings. The van der Waals surface area contributed by atoms with Crippen LogP contribution in [0.25, 0.3) is 0 Å². The van der Waals surface area contributed by atoms with E-state index >= 15 is 0 Å². The number of nitrogens with zero attached hydrogens (tertiary/aromatic N) is 2. The minimum absolute atomic E-state index is 0.0928. The normalized spacial score (nSPS) is 11.2. The average Bonchev–Trinajstić information content (AvgIpc) is 2.53. The van der Waals surface area contributed by atoms with E-state index in [2.05, 4.69) is 15.5 Å². The Bertz CT molecular complexity index is 596. The quantitative estimate of drug-likeness (QED) is 0.334. The van der Waals surface area contributed by atoms with Crippen molar-refractivity contribution in [3.8, 4) is 5.88 Å². The molecule has 0 atom stereocenters. The fourth-order valence-corrected chi connectivity index (χ4v) is 1.78. The number of nitrogens with two attached hydrogens (primary N) is 1. The van der Waals surface area contributed by atoms with Crippen LogP contribution in [0.2, 0.25) is 0 Å². The zero-order valence-electron chi connectivity index (χ0n) is 11.1. The monoisotopic (exact) mass is 272 g/mol. The smallest absolute Gasteiger partial charge is 0.213 e. The number of nitrogens with one attached hydrogen (secondary N) is 1. The minimum Gasteiger partial charge on any atom is -0.481 e. The fourth-order valence-electron chi connectivity index (χ4n) is 1.78. The number of methoxy groups -OCH3 is 1. The third kappa shape index (κ3) is 3.17. The molecule has 2 aromatic rings. The van der Waals surface area contributed by atoms with Crippen molar-refractivity contribution in [2.45, 2.75) is 6.54 Å². The number of rotatable bonds is 5. The highest BCUT2D eigenvalue weighted by Gasteiger charge is 2.06.